The molecule has 2 amide bonds. The Bertz CT molecular complexity index is 984. The third-order valence-electron chi connectivity index (χ3n) is 4.64. The second kappa shape index (κ2) is 9.24. The lowest BCUT2D eigenvalue weighted by atomic mass is 10.1. The zero-order valence-electron chi connectivity index (χ0n) is 16.5. The number of methoxy groups -OCH3 is 1. The molecule has 0 bridgehead atoms. The molecule has 150 valence electrons. The Morgan fingerprint density at radius 3 is 2.55 bits per heavy atom. The van der Waals surface area contributed by atoms with Crippen molar-refractivity contribution >= 4 is 51.9 Å². The standard InChI is InChI=1S/C22H22N2O3S2/c1-14-4-7-17(12-15(14)2)23-20(25)10-11-24-21(26)19(29-22(24)28)13-16-5-8-18(27-3)9-6-16/h4-9,12-13H,10-11H2,1-3H3,(H,23,25)/b19-13-. The summed E-state index contributed by atoms with van der Waals surface area (Å²) in [5, 5.41) is 2.87. The number of carbonyl (C=O) groups excluding carboxylic acids is 2. The van der Waals surface area contributed by atoms with E-state index in [1.165, 1.54) is 22.2 Å². The molecule has 29 heavy (non-hydrogen) atoms. The van der Waals surface area contributed by atoms with Crippen molar-refractivity contribution in [1.29, 1.82) is 0 Å². The van der Waals surface area contributed by atoms with E-state index >= 15 is 0 Å². The third kappa shape index (κ3) is 5.25. The Balaban J connectivity index is 1.60. The molecule has 1 aliphatic rings. The average molecular weight is 427 g/mol. The first-order chi connectivity index (χ1) is 13.9. The lowest BCUT2D eigenvalue weighted by Crippen LogP contribution is -2.31. The van der Waals surface area contributed by atoms with E-state index < -0.39 is 0 Å². The van der Waals surface area contributed by atoms with E-state index in [1.807, 2.05) is 56.3 Å². The van der Waals surface area contributed by atoms with Gasteiger partial charge in [0.05, 0.1) is 12.0 Å². The maximum absolute atomic E-state index is 12.7. The Kier molecular flexibility index (Phi) is 6.71. The lowest BCUT2D eigenvalue weighted by Gasteiger charge is -2.14. The molecule has 0 radical (unpaired) electrons. The van der Waals surface area contributed by atoms with E-state index in [2.05, 4.69) is 5.32 Å². The van der Waals surface area contributed by atoms with Crippen molar-refractivity contribution in [3.05, 3.63) is 64.1 Å². The molecular weight excluding hydrogens is 404 g/mol. The molecule has 0 saturated carbocycles. The molecule has 1 fully saturated rings. The molecule has 1 heterocycles. The van der Waals surface area contributed by atoms with Gasteiger partial charge in [0.15, 0.2) is 0 Å². The second-order valence-corrected chi connectivity index (χ2v) is 8.38. The van der Waals surface area contributed by atoms with Gasteiger partial charge in [-0.25, -0.2) is 0 Å². The van der Waals surface area contributed by atoms with Gasteiger partial charge in [-0.3, -0.25) is 14.5 Å². The number of nitrogens with one attached hydrogen (secondary N) is 1. The maximum Gasteiger partial charge on any atom is 0.266 e. The molecular formula is C22H22N2O3S2. The number of amides is 2. The van der Waals surface area contributed by atoms with Gasteiger partial charge in [-0.2, -0.15) is 0 Å². The van der Waals surface area contributed by atoms with Crippen LogP contribution < -0.4 is 10.1 Å². The van der Waals surface area contributed by atoms with Crippen LogP contribution in [0, 0.1) is 13.8 Å². The van der Waals surface area contributed by atoms with Crippen molar-refractivity contribution in [1.82, 2.24) is 4.90 Å². The number of aryl methyl sites for hydroxylation is 2. The molecule has 1 N–H and O–H groups in total. The van der Waals surface area contributed by atoms with Crippen LogP contribution in [0.3, 0.4) is 0 Å². The molecule has 2 aromatic rings. The minimum Gasteiger partial charge on any atom is -0.497 e. The van der Waals surface area contributed by atoms with E-state index in [4.69, 9.17) is 17.0 Å². The summed E-state index contributed by atoms with van der Waals surface area (Å²) >= 11 is 6.59. The smallest absolute Gasteiger partial charge is 0.266 e. The summed E-state index contributed by atoms with van der Waals surface area (Å²) in [7, 11) is 1.61. The maximum atomic E-state index is 12.7. The van der Waals surface area contributed by atoms with Crippen LogP contribution in [0.25, 0.3) is 6.08 Å². The number of rotatable bonds is 6. The fraction of sp³-hybridized carbons (Fsp3) is 0.227. The van der Waals surface area contributed by atoms with Gasteiger partial charge in [-0.1, -0.05) is 42.2 Å². The van der Waals surface area contributed by atoms with Crippen LogP contribution in [-0.2, 0) is 9.59 Å². The molecule has 0 spiro atoms. The second-order valence-electron chi connectivity index (χ2n) is 6.70. The molecule has 1 aliphatic heterocycles. The summed E-state index contributed by atoms with van der Waals surface area (Å²) in [4.78, 5) is 27.0. The van der Waals surface area contributed by atoms with Crippen molar-refractivity contribution in [2.45, 2.75) is 20.3 Å². The molecule has 0 aliphatic carbocycles. The summed E-state index contributed by atoms with van der Waals surface area (Å²) in [6.07, 6.45) is 1.98. The van der Waals surface area contributed by atoms with Gasteiger partial charge in [0.25, 0.3) is 5.91 Å². The van der Waals surface area contributed by atoms with E-state index in [0.717, 1.165) is 22.6 Å². The Morgan fingerprint density at radius 2 is 1.90 bits per heavy atom. The summed E-state index contributed by atoms with van der Waals surface area (Å²) in [6.45, 7) is 4.27. The minimum atomic E-state index is -0.171. The summed E-state index contributed by atoms with van der Waals surface area (Å²) in [5.74, 6) is 0.431. The summed E-state index contributed by atoms with van der Waals surface area (Å²) < 4.78 is 5.61. The highest BCUT2D eigenvalue weighted by molar-refractivity contribution is 8.26. The molecule has 0 unspecified atom stereocenters. The van der Waals surface area contributed by atoms with Crippen molar-refractivity contribution in [3.8, 4) is 5.75 Å². The molecule has 0 atom stereocenters. The van der Waals surface area contributed by atoms with Crippen molar-refractivity contribution in [2.24, 2.45) is 0 Å². The molecule has 2 aromatic carbocycles. The Morgan fingerprint density at radius 1 is 1.17 bits per heavy atom. The zero-order valence-corrected chi connectivity index (χ0v) is 18.2. The van der Waals surface area contributed by atoms with E-state index in [0.29, 0.717) is 9.23 Å². The largest absolute Gasteiger partial charge is 0.497 e. The number of hydrogen-bond donors (Lipinski definition) is 1. The minimum absolute atomic E-state index is 0.151. The molecule has 5 nitrogen and oxygen atoms in total. The van der Waals surface area contributed by atoms with Crippen LogP contribution in [0.2, 0.25) is 0 Å². The van der Waals surface area contributed by atoms with Crippen LogP contribution in [0.5, 0.6) is 5.75 Å². The highest BCUT2D eigenvalue weighted by atomic mass is 32.2. The Hall–Kier alpha value is -2.64. The van der Waals surface area contributed by atoms with E-state index in [1.54, 1.807) is 13.2 Å². The number of ether oxygens (including phenoxy) is 1. The first-order valence-corrected chi connectivity index (χ1v) is 10.4. The van der Waals surface area contributed by atoms with Gasteiger partial charge < -0.3 is 10.1 Å². The first kappa shape index (κ1) is 21.1. The van der Waals surface area contributed by atoms with Gasteiger partial charge in [0.2, 0.25) is 5.91 Å². The van der Waals surface area contributed by atoms with Gasteiger partial charge >= 0.3 is 0 Å². The van der Waals surface area contributed by atoms with Gasteiger partial charge in [-0.15, -0.1) is 0 Å². The normalized spacial score (nSPS) is 15.1. The highest BCUT2D eigenvalue weighted by Crippen LogP contribution is 2.32. The predicted molar refractivity (Wildman–Crippen MR) is 122 cm³/mol. The topological polar surface area (TPSA) is 58.6 Å². The van der Waals surface area contributed by atoms with Crippen LogP contribution in [0.1, 0.15) is 23.1 Å². The monoisotopic (exact) mass is 426 g/mol. The molecule has 7 heteroatoms. The average Bonchev–Trinajstić information content (AvgIpc) is 2.96. The van der Waals surface area contributed by atoms with Crippen molar-refractivity contribution in [3.63, 3.8) is 0 Å². The van der Waals surface area contributed by atoms with Gasteiger partial charge in [-0.05, 0) is 60.9 Å². The van der Waals surface area contributed by atoms with Crippen LogP contribution in [0.15, 0.2) is 47.4 Å². The predicted octanol–water partition coefficient (Wildman–Crippen LogP) is 4.54. The number of thiocarbonyl (C=S) groups is 1. The summed E-state index contributed by atoms with van der Waals surface area (Å²) in [6, 6.07) is 13.2. The lowest BCUT2D eigenvalue weighted by molar-refractivity contribution is -0.122. The van der Waals surface area contributed by atoms with Gasteiger partial charge in [0.1, 0.15) is 10.1 Å². The number of thioether (sulfide) groups is 1. The fourth-order valence-electron chi connectivity index (χ4n) is 2.80. The quantitative estimate of drug-likeness (QED) is 0.543. The van der Waals surface area contributed by atoms with E-state index in [9.17, 15) is 9.59 Å². The summed E-state index contributed by atoms with van der Waals surface area (Å²) in [5.41, 5.74) is 3.93. The fourth-order valence-corrected chi connectivity index (χ4v) is 4.11. The number of carbonyl (C=O) groups is 2. The van der Waals surface area contributed by atoms with Gasteiger partial charge in [0, 0.05) is 18.7 Å². The number of anilines is 1. The SMILES string of the molecule is COc1ccc(/C=C2\SC(=S)N(CCC(=O)Nc3ccc(C)c(C)c3)C2=O)cc1. The van der Waals surface area contributed by atoms with Crippen LogP contribution in [0.4, 0.5) is 5.69 Å². The van der Waals surface area contributed by atoms with E-state index in [-0.39, 0.29) is 24.8 Å². The molecule has 0 aromatic heterocycles. The zero-order chi connectivity index (χ0) is 21.0. The van der Waals surface area contributed by atoms with Crippen molar-refractivity contribution < 1.29 is 14.3 Å². The first-order valence-electron chi connectivity index (χ1n) is 9.14. The molecule has 1 saturated heterocycles. The third-order valence-corrected chi connectivity index (χ3v) is 6.02. The highest BCUT2D eigenvalue weighted by Gasteiger charge is 2.32. The van der Waals surface area contributed by atoms with Crippen LogP contribution in [-0.4, -0.2) is 34.7 Å². The number of benzene rings is 2. The van der Waals surface area contributed by atoms with Crippen LogP contribution >= 0.6 is 24.0 Å². The Labute approximate surface area is 180 Å². The number of nitrogens with zero attached hydrogens (tertiary/aromatic N) is 1. The van der Waals surface area contributed by atoms with Crippen molar-refractivity contribution in [2.75, 3.05) is 19.0 Å². The molecule has 3 rings (SSSR count). The number of hydrogen-bond acceptors (Lipinski definition) is 5.